The molecular formula is C14H20O2. The summed E-state index contributed by atoms with van der Waals surface area (Å²) < 4.78 is 5.34. The van der Waals surface area contributed by atoms with Crippen molar-refractivity contribution in [2.24, 2.45) is 17.8 Å². The molecule has 0 radical (unpaired) electrons. The quantitative estimate of drug-likeness (QED) is 0.539. The maximum absolute atomic E-state index is 11.0. The summed E-state index contributed by atoms with van der Waals surface area (Å²) in [5.41, 5.74) is 1.56. The van der Waals surface area contributed by atoms with Crippen LogP contribution in [0, 0.1) is 17.8 Å². The summed E-state index contributed by atoms with van der Waals surface area (Å²) in [4.78, 5) is 11.0. The Morgan fingerprint density at radius 2 is 2.31 bits per heavy atom. The monoisotopic (exact) mass is 220 g/mol. The predicted molar refractivity (Wildman–Crippen MR) is 63.8 cm³/mol. The average molecular weight is 220 g/mol. The van der Waals surface area contributed by atoms with Crippen LogP contribution >= 0.6 is 0 Å². The van der Waals surface area contributed by atoms with Crippen LogP contribution in [0.25, 0.3) is 0 Å². The minimum atomic E-state index is -0.199. The van der Waals surface area contributed by atoms with Crippen molar-refractivity contribution in [3.05, 3.63) is 24.3 Å². The van der Waals surface area contributed by atoms with E-state index in [1.165, 1.54) is 26.2 Å². The summed E-state index contributed by atoms with van der Waals surface area (Å²) in [5, 5.41) is 0. The van der Waals surface area contributed by atoms with Gasteiger partial charge in [0.05, 0.1) is 0 Å². The molecule has 0 aromatic rings. The van der Waals surface area contributed by atoms with E-state index in [4.69, 9.17) is 4.74 Å². The number of rotatable bonds is 3. The Bertz CT molecular complexity index is 330. The molecule has 0 spiro atoms. The molecule has 2 aliphatic carbocycles. The second-order valence-electron chi connectivity index (χ2n) is 4.99. The van der Waals surface area contributed by atoms with Gasteiger partial charge in [0.2, 0.25) is 0 Å². The first kappa shape index (κ1) is 11.4. The first-order valence-corrected chi connectivity index (χ1v) is 6.10. The standard InChI is InChI=1S/C14H20O2/c1-4-11-6-10-7-12(11)13(8-10)14(5-2)16-9(3)15/h4-5,10,12-14H,2,6-8H2,1,3H3/b11-4+. The van der Waals surface area contributed by atoms with E-state index in [1.54, 1.807) is 11.6 Å². The molecule has 88 valence electrons. The molecule has 0 heterocycles. The fraction of sp³-hybridized carbons (Fsp3) is 0.643. The Labute approximate surface area is 97.4 Å². The van der Waals surface area contributed by atoms with Crippen LogP contribution in [0.3, 0.4) is 0 Å². The first-order chi connectivity index (χ1) is 7.65. The molecule has 4 atom stereocenters. The molecule has 4 unspecified atom stereocenters. The molecule has 16 heavy (non-hydrogen) atoms. The van der Waals surface area contributed by atoms with E-state index in [0.29, 0.717) is 11.8 Å². The zero-order valence-electron chi connectivity index (χ0n) is 10.1. The Hall–Kier alpha value is -1.05. The lowest BCUT2D eigenvalue weighted by Crippen LogP contribution is -2.29. The summed E-state index contributed by atoms with van der Waals surface area (Å²) in [6.45, 7) is 7.38. The van der Waals surface area contributed by atoms with E-state index < -0.39 is 0 Å². The average Bonchev–Trinajstić information content (AvgIpc) is 2.84. The Balaban J connectivity index is 2.10. The fourth-order valence-corrected chi connectivity index (χ4v) is 3.45. The second-order valence-corrected chi connectivity index (χ2v) is 4.99. The molecule has 0 N–H and O–H groups in total. The third-order valence-electron chi connectivity index (χ3n) is 4.04. The van der Waals surface area contributed by atoms with E-state index in [1.807, 2.05) is 0 Å². The van der Waals surface area contributed by atoms with Crippen LogP contribution in [0.1, 0.15) is 33.1 Å². The van der Waals surface area contributed by atoms with Crippen LogP contribution in [0.2, 0.25) is 0 Å². The van der Waals surface area contributed by atoms with Gasteiger partial charge in [-0.1, -0.05) is 24.3 Å². The minimum absolute atomic E-state index is 0.0947. The Morgan fingerprint density at radius 1 is 1.56 bits per heavy atom. The highest BCUT2D eigenvalue weighted by Gasteiger charge is 2.45. The van der Waals surface area contributed by atoms with Gasteiger partial charge >= 0.3 is 5.97 Å². The lowest BCUT2D eigenvalue weighted by Gasteiger charge is -2.29. The van der Waals surface area contributed by atoms with Crippen LogP contribution in [0.4, 0.5) is 0 Å². The van der Waals surface area contributed by atoms with Crippen molar-refractivity contribution >= 4 is 5.97 Å². The van der Waals surface area contributed by atoms with Gasteiger partial charge in [-0.2, -0.15) is 0 Å². The lowest BCUT2D eigenvalue weighted by molar-refractivity contribution is -0.146. The van der Waals surface area contributed by atoms with Crippen LogP contribution < -0.4 is 0 Å². The SMILES string of the molecule is C=CC(OC(C)=O)C1CC2C/C(=C\C)C1C2. The third kappa shape index (κ3) is 1.93. The zero-order valence-corrected chi connectivity index (χ0v) is 10.1. The maximum atomic E-state index is 11.0. The fourth-order valence-electron chi connectivity index (χ4n) is 3.45. The highest BCUT2D eigenvalue weighted by Crippen LogP contribution is 2.53. The van der Waals surface area contributed by atoms with Crippen LogP contribution in [0.15, 0.2) is 24.3 Å². The van der Waals surface area contributed by atoms with E-state index >= 15 is 0 Å². The van der Waals surface area contributed by atoms with E-state index in [2.05, 4.69) is 19.6 Å². The van der Waals surface area contributed by atoms with Crippen molar-refractivity contribution in [2.75, 3.05) is 0 Å². The maximum Gasteiger partial charge on any atom is 0.303 e. The van der Waals surface area contributed by atoms with Gasteiger partial charge in [-0.15, -0.1) is 0 Å². The van der Waals surface area contributed by atoms with E-state index in [0.717, 1.165) is 5.92 Å². The summed E-state index contributed by atoms with van der Waals surface area (Å²) in [6, 6.07) is 0. The van der Waals surface area contributed by atoms with E-state index in [9.17, 15) is 4.79 Å². The summed E-state index contributed by atoms with van der Waals surface area (Å²) in [7, 11) is 0. The summed E-state index contributed by atoms with van der Waals surface area (Å²) >= 11 is 0. The molecule has 2 saturated carbocycles. The molecule has 0 saturated heterocycles. The molecule has 2 aliphatic rings. The molecule has 2 heteroatoms. The number of hydrogen-bond donors (Lipinski definition) is 0. The highest BCUT2D eigenvalue weighted by atomic mass is 16.5. The number of allylic oxidation sites excluding steroid dienone is 2. The number of esters is 1. The van der Waals surface area contributed by atoms with Crippen molar-refractivity contribution in [1.82, 2.24) is 0 Å². The van der Waals surface area contributed by atoms with Crippen LogP contribution in [-0.2, 0) is 9.53 Å². The summed E-state index contributed by atoms with van der Waals surface area (Å²) in [5.74, 6) is 1.69. The van der Waals surface area contributed by atoms with Crippen LogP contribution in [-0.4, -0.2) is 12.1 Å². The molecule has 0 amide bonds. The van der Waals surface area contributed by atoms with Gasteiger partial charge in [0.1, 0.15) is 6.10 Å². The molecule has 2 rings (SSSR count). The minimum Gasteiger partial charge on any atom is -0.458 e. The Morgan fingerprint density at radius 3 is 2.81 bits per heavy atom. The molecule has 0 aliphatic heterocycles. The van der Waals surface area contributed by atoms with Gasteiger partial charge < -0.3 is 4.74 Å². The van der Waals surface area contributed by atoms with Crippen molar-refractivity contribution in [3.8, 4) is 0 Å². The van der Waals surface area contributed by atoms with E-state index in [-0.39, 0.29) is 12.1 Å². The zero-order chi connectivity index (χ0) is 11.7. The van der Waals surface area contributed by atoms with Gasteiger partial charge in [0, 0.05) is 12.8 Å². The second kappa shape index (κ2) is 4.44. The molecule has 2 bridgehead atoms. The number of fused-ring (bicyclic) bond motifs is 2. The molecule has 2 nitrogen and oxygen atoms in total. The van der Waals surface area contributed by atoms with Crippen molar-refractivity contribution in [2.45, 2.75) is 39.2 Å². The van der Waals surface area contributed by atoms with Crippen molar-refractivity contribution < 1.29 is 9.53 Å². The smallest absolute Gasteiger partial charge is 0.303 e. The number of carbonyl (C=O) groups is 1. The predicted octanol–water partition coefficient (Wildman–Crippen LogP) is 3.10. The topological polar surface area (TPSA) is 26.3 Å². The highest BCUT2D eigenvalue weighted by molar-refractivity contribution is 5.66. The number of ether oxygens (including phenoxy) is 1. The van der Waals surface area contributed by atoms with Crippen molar-refractivity contribution in [1.29, 1.82) is 0 Å². The third-order valence-corrected chi connectivity index (χ3v) is 4.04. The van der Waals surface area contributed by atoms with Gasteiger partial charge in [-0.05, 0) is 38.0 Å². The van der Waals surface area contributed by atoms with Gasteiger partial charge in [0.25, 0.3) is 0 Å². The van der Waals surface area contributed by atoms with Gasteiger partial charge in [0.15, 0.2) is 0 Å². The van der Waals surface area contributed by atoms with Gasteiger partial charge in [-0.25, -0.2) is 0 Å². The molecule has 2 fully saturated rings. The number of hydrogen-bond acceptors (Lipinski definition) is 2. The van der Waals surface area contributed by atoms with Crippen molar-refractivity contribution in [3.63, 3.8) is 0 Å². The molecule has 0 aromatic carbocycles. The van der Waals surface area contributed by atoms with Gasteiger partial charge in [-0.3, -0.25) is 4.79 Å². The molecule has 0 aromatic heterocycles. The Kier molecular flexibility index (Phi) is 3.17. The first-order valence-electron chi connectivity index (χ1n) is 6.10. The number of carbonyl (C=O) groups excluding carboxylic acids is 1. The summed E-state index contributed by atoms with van der Waals surface area (Å²) in [6.07, 6.45) is 7.65. The van der Waals surface area contributed by atoms with Crippen LogP contribution in [0.5, 0.6) is 0 Å². The molecular weight excluding hydrogens is 200 g/mol. The largest absolute Gasteiger partial charge is 0.458 e. The normalized spacial score (nSPS) is 36.4. The lowest BCUT2D eigenvalue weighted by atomic mass is 9.81.